The lowest BCUT2D eigenvalue weighted by molar-refractivity contribution is -0.140. The van der Waals surface area contributed by atoms with Gasteiger partial charge in [0.05, 0.1) is 11.9 Å². The zero-order valence-corrected chi connectivity index (χ0v) is 12.5. The molecule has 2 rings (SSSR count). The second-order valence-electron chi connectivity index (χ2n) is 5.40. The van der Waals surface area contributed by atoms with Gasteiger partial charge in [0.15, 0.2) is 0 Å². The average Bonchev–Trinajstić information content (AvgIpc) is 2.82. The summed E-state index contributed by atoms with van der Waals surface area (Å²) in [6, 6.07) is 8.02. The van der Waals surface area contributed by atoms with Crippen LogP contribution in [0.3, 0.4) is 0 Å². The van der Waals surface area contributed by atoms with Crippen molar-refractivity contribution in [3.63, 3.8) is 0 Å². The number of rotatable bonds is 5. The van der Waals surface area contributed by atoms with Crippen molar-refractivity contribution in [1.29, 1.82) is 0 Å². The molecule has 116 valence electrons. The Morgan fingerprint density at radius 2 is 2.00 bits per heavy atom. The zero-order chi connectivity index (χ0) is 15.6. The highest BCUT2D eigenvalue weighted by Crippen LogP contribution is 2.25. The molecule has 2 N–H and O–H groups in total. The van der Waals surface area contributed by atoms with Crippen molar-refractivity contribution in [2.24, 2.45) is 0 Å². The van der Waals surface area contributed by atoms with Crippen LogP contribution in [-0.4, -0.2) is 53.3 Å². The number of β-amino-alcohol motifs (C(OH)–C–C–N with tert-alkyl or cyclic N) is 1. The van der Waals surface area contributed by atoms with Gasteiger partial charge in [-0.2, -0.15) is 4.31 Å². The molecule has 1 aromatic carbocycles. The Morgan fingerprint density at radius 3 is 2.57 bits per heavy atom. The largest absolute Gasteiger partial charge is 0.480 e. The average molecular weight is 313 g/mol. The molecule has 3 atom stereocenters. The normalized spacial score (nSPS) is 24.9. The molecule has 7 heteroatoms. The SMILES string of the molecule is CC(CS(=O)(=O)N1C[C@@H](O)C[C@H]1C(=O)O)c1ccccc1. The van der Waals surface area contributed by atoms with E-state index in [9.17, 15) is 18.3 Å². The smallest absolute Gasteiger partial charge is 0.322 e. The van der Waals surface area contributed by atoms with Crippen LogP contribution in [0.5, 0.6) is 0 Å². The Balaban J connectivity index is 2.16. The Morgan fingerprint density at radius 1 is 1.38 bits per heavy atom. The van der Waals surface area contributed by atoms with Crippen LogP contribution in [0.4, 0.5) is 0 Å². The highest BCUT2D eigenvalue weighted by molar-refractivity contribution is 7.89. The molecular formula is C14H19NO5S. The molecule has 1 saturated heterocycles. The molecule has 1 aliphatic rings. The number of aliphatic hydroxyl groups is 1. The van der Waals surface area contributed by atoms with Crippen molar-refractivity contribution in [3.8, 4) is 0 Å². The third kappa shape index (κ3) is 3.61. The van der Waals surface area contributed by atoms with Gasteiger partial charge in [0.2, 0.25) is 10.0 Å². The van der Waals surface area contributed by atoms with E-state index in [0.29, 0.717) is 0 Å². The summed E-state index contributed by atoms with van der Waals surface area (Å²) in [4.78, 5) is 11.1. The summed E-state index contributed by atoms with van der Waals surface area (Å²) in [5.41, 5.74) is 0.882. The van der Waals surface area contributed by atoms with E-state index in [-0.39, 0.29) is 24.6 Å². The highest BCUT2D eigenvalue weighted by Gasteiger charge is 2.43. The molecule has 0 spiro atoms. The van der Waals surface area contributed by atoms with Crippen molar-refractivity contribution in [2.45, 2.75) is 31.4 Å². The van der Waals surface area contributed by atoms with E-state index in [1.54, 1.807) is 6.92 Å². The number of carboxylic acids is 1. The van der Waals surface area contributed by atoms with E-state index in [0.717, 1.165) is 9.87 Å². The van der Waals surface area contributed by atoms with Gasteiger partial charge in [0.25, 0.3) is 0 Å². The molecule has 0 bridgehead atoms. The summed E-state index contributed by atoms with van der Waals surface area (Å²) < 4.78 is 25.8. The van der Waals surface area contributed by atoms with E-state index in [2.05, 4.69) is 0 Å². The molecule has 0 aliphatic carbocycles. The fourth-order valence-corrected chi connectivity index (χ4v) is 4.58. The quantitative estimate of drug-likeness (QED) is 0.832. The number of carboxylic acid groups (broad SMARTS) is 1. The van der Waals surface area contributed by atoms with Gasteiger partial charge in [-0.25, -0.2) is 8.42 Å². The Bertz CT molecular complexity index is 601. The van der Waals surface area contributed by atoms with Gasteiger partial charge in [-0.05, 0) is 11.5 Å². The molecule has 0 saturated carbocycles. The monoisotopic (exact) mass is 313 g/mol. The van der Waals surface area contributed by atoms with Crippen molar-refractivity contribution in [3.05, 3.63) is 35.9 Å². The Kier molecular flexibility index (Phi) is 4.65. The van der Waals surface area contributed by atoms with Crippen LogP contribution >= 0.6 is 0 Å². The first-order chi connectivity index (χ1) is 9.81. The van der Waals surface area contributed by atoms with E-state index >= 15 is 0 Å². The van der Waals surface area contributed by atoms with E-state index in [4.69, 9.17) is 5.11 Å². The lowest BCUT2D eigenvalue weighted by Crippen LogP contribution is -2.42. The van der Waals surface area contributed by atoms with Gasteiger partial charge in [0, 0.05) is 13.0 Å². The van der Waals surface area contributed by atoms with Crippen molar-refractivity contribution in [2.75, 3.05) is 12.3 Å². The summed E-state index contributed by atoms with van der Waals surface area (Å²) in [5, 5.41) is 18.7. The minimum atomic E-state index is -3.74. The highest BCUT2D eigenvalue weighted by atomic mass is 32.2. The van der Waals surface area contributed by atoms with Gasteiger partial charge in [-0.3, -0.25) is 4.79 Å². The summed E-state index contributed by atoms with van der Waals surface area (Å²) in [6.45, 7) is 1.63. The lowest BCUT2D eigenvalue weighted by atomic mass is 10.0. The molecule has 6 nitrogen and oxygen atoms in total. The van der Waals surface area contributed by atoms with Gasteiger partial charge < -0.3 is 10.2 Å². The first-order valence-electron chi connectivity index (χ1n) is 6.76. The van der Waals surface area contributed by atoms with Gasteiger partial charge in [-0.15, -0.1) is 0 Å². The number of hydrogen-bond donors (Lipinski definition) is 2. The van der Waals surface area contributed by atoms with Crippen molar-refractivity contribution < 1.29 is 23.4 Å². The van der Waals surface area contributed by atoms with Crippen LogP contribution in [0.2, 0.25) is 0 Å². The maximum Gasteiger partial charge on any atom is 0.322 e. The second-order valence-corrected chi connectivity index (χ2v) is 7.37. The minimum absolute atomic E-state index is 0.0612. The molecule has 0 aromatic heterocycles. The number of carbonyl (C=O) groups is 1. The first-order valence-corrected chi connectivity index (χ1v) is 8.37. The second kappa shape index (κ2) is 6.13. The Labute approximate surface area is 124 Å². The van der Waals surface area contributed by atoms with E-state index in [1.165, 1.54) is 0 Å². The third-order valence-corrected chi connectivity index (χ3v) is 5.74. The molecule has 0 radical (unpaired) electrons. The predicted octanol–water partition coefficient (Wildman–Crippen LogP) is 0.640. The third-order valence-electron chi connectivity index (χ3n) is 3.71. The fourth-order valence-electron chi connectivity index (χ4n) is 2.61. The first kappa shape index (κ1) is 15.9. The standard InChI is InChI=1S/C14H19NO5S/c1-10(11-5-3-2-4-6-11)9-21(19,20)15-8-12(16)7-13(15)14(17)18/h2-6,10,12-13,16H,7-9H2,1H3,(H,17,18)/t10?,12-,13-/m0/s1. The van der Waals surface area contributed by atoms with E-state index < -0.39 is 28.1 Å². The maximum absolute atomic E-state index is 12.4. The van der Waals surface area contributed by atoms with Crippen LogP contribution in [-0.2, 0) is 14.8 Å². The fraction of sp³-hybridized carbons (Fsp3) is 0.500. The van der Waals surface area contributed by atoms with Crippen molar-refractivity contribution >= 4 is 16.0 Å². The van der Waals surface area contributed by atoms with Gasteiger partial charge in [0.1, 0.15) is 6.04 Å². The van der Waals surface area contributed by atoms with Crippen LogP contribution in [0.1, 0.15) is 24.8 Å². The molecular weight excluding hydrogens is 294 g/mol. The van der Waals surface area contributed by atoms with Crippen LogP contribution in [0.15, 0.2) is 30.3 Å². The number of benzene rings is 1. The molecule has 1 aliphatic heterocycles. The van der Waals surface area contributed by atoms with Gasteiger partial charge in [-0.1, -0.05) is 37.3 Å². The minimum Gasteiger partial charge on any atom is -0.480 e. The molecule has 1 unspecified atom stereocenters. The predicted molar refractivity (Wildman–Crippen MR) is 77.4 cm³/mol. The molecule has 1 heterocycles. The van der Waals surface area contributed by atoms with Gasteiger partial charge >= 0.3 is 5.97 Å². The molecule has 0 amide bonds. The van der Waals surface area contributed by atoms with Crippen LogP contribution in [0, 0.1) is 0 Å². The van der Waals surface area contributed by atoms with Crippen LogP contribution < -0.4 is 0 Å². The number of sulfonamides is 1. The summed E-state index contributed by atoms with van der Waals surface area (Å²) in [6.07, 6.45) is -0.984. The number of aliphatic hydroxyl groups excluding tert-OH is 1. The molecule has 1 aromatic rings. The summed E-state index contributed by atoms with van der Waals surface area (Å²) in [7, 11) is -3.74. The Hall–Kier alpha value is -1.44. The summed E-state index contributed by atoms with van der Waals surface area (Å²) in [5.74, 6) is -1.64. The number of hydrogen-bond acceptors (Lipinski definition) is 4. The molecule has 1 fully saturated rings. The van der Waals surface area contributed by atoms with Crippen molar-refractivity contribution in [1.82, 2.24) is 4.31 Å². The zero-order valence-electron chi connectivity index (χ0n) is 11.7. The van der Waals surface area contributed by atoms with E-state index in [1.807, 2.05) is 30.3 Å². The topological polar surface area (TPSA) is 94.9 Å². The lowest BCUT2D eigenvalue weighted by Gasteiger charge is -2.23. The summed E-state index contributed by atoms with van der Waals surface area (Å²) >= 11 is 0. The van der Waals surface area contributed by atoms with Crippen LogP contribution in [0.25, 0.3) is 0 Å². The maximum atomic E-state index is 12.4. The number of aliphatic carboxylic acids is 1. The number of nitrogens with zero attached hydrogens (tertiary/aromatic N) is 1. The molecule has 21 heavy (non-hydrogen) atoms.